The molecule has 1 nitrogen and oxygen atoms in total. The van der Waals surface area contributed by atoms with Gasteiger partial charge >= 0.3 is 0 Å². The van der Waals surface area contributed by atoms with E-state index in [1.165, 1.54) is 27.8 Å². The van der Waals surface area contributed by atoms with E-state index in [2.05, 4.69) is 50.4 Å². The third-order valence-corrected chi connectivity index (χ3v) is 3.77. The molecule has 0 aliphatic carbocycles. The van der Waals surface area contributed by atoms with E-state index in [1.807, 2.05) is 19.2 Å². The van der Waals surface area contributed by atoms with Crippen molar-refractivity contribution in [3.8, 4) is 0 Å². The molecular formula is C17H20ClN. The molecular weight excluding hydrogens is 254 g/mol. The summed E-state index contributed by atoms with van der Waals surface area (Å²) in [5.41, 5.74) is 6.56. The molecule has 0 bridgehead atoms. The first-order valence-electron chi connectivity index (χ1n) is 6.53. The summed E-state index contributed by atoms with van der Waals surface area (Å²) in [4.78, 5) is 0. The van der Waals surface area contributed by atoms with Gasteiger partial charge in [-0.3, -0.25) is 0 Å². The van der Waals surface area contributed by atoms with Crippen LogP contribution in [0.1, 0.15) is 33.9 Å². The third-order valence-electron chi connectivity index (χ3n) is 3.52. The molecule has 1 unspecified atom stereocenters. The van der Waals surface area contributed by atoms with Crippen LogP contribution in [0.15, 0.2) is 36.4 Å². The number of rotatable bonds is 3. The second-order valence-corrected chi connectivity index (χ2v) is 5.52. The fourth-order valence-electron chi connectivity index (χ4n) is 2.78. The highest BCUT2D eigenvalue weighted by Gasteiger charge is 2.16. The van der Waals surface area contributed by atoms with Gasteiger partial charge in [-0.05, 0) is 62.2 Å². The summed E-state index contributed by atoms with van der Waals surface area (Å²) in [6.45, 7) is 6.49. The molecule has 1 atom stereocenters. The first-order chi connectivity index (χ1) is 9.02. The number of benzene rings is 2. The van der Waals surface area contributed by atoms with Gasteiger partial charge in [0.15, 0.2) is 0 Å². The van der Waals surface area contributed by atoms with Crippen LogP contribution in [0.3, 0.4) is 0 Å². The van der Waals surface area contributed by atoms with Gasteiger partial charge in [-0.25, -0.2) is 0 Å². The molecule has 2 aromatic rings. The summed E-state index contributed by atoms with van der Waals surface area (Å²) >= 11 is 5.97. The molecule has 0 aliphatic rings. The van der Waals surface area contributed by atoms with E-state index in [4.69, 9.17) is 11.6 Å². The molecule has 0 saturated carbocycles. The van der Waals surface area contributed by atoms with Gasteiger partial charge in [-0.15, -0.1) is 0 Å². The van der Waals surface area contributed by atoms with Crippen LogP contribution in [0.2, 0.25) is 5.02 Å². The van der Waals surface area contributed by atoms with Crippen LogP contribution in [0.4, 0.5) is 0 Å². The molecule has 0 aromatic heterocycles. The maximum atomic E-state index is 5.97. The van der Waals surface area contributed by atoms with E-state index < -0.39 is 0 Å². The zero-order chi connectivity index (χ0) is 14.0. The van der Waals surface area contributed by atoms with Gasteiger partial charge in [0.05, 0.1) is 6.04 Å². The topological polar surface area (TPSA) is 12.0 Å². The van der Waals surface area contributed by atoms with Crippen molar-refractivity contribution in [2.75, 3.05) is 7.05 Å². The predicted molar refractivity (Wildman–Crippen MR) is 83.0 cm³/mol. The molecule has 0 heterocycles. The highest BCUT2D eigenvalue weighted by Crippen LogP contribution is 2.29. The number of aryl methyl sites for hydroxylation is 3. The minimum absolute atomic E-state index is 0.206. The lowest BCUT2D eigenvalue weighted by atomic mass is 9.90. The molecule has 1 N–H and O–H groups in total. The predicted octanol–water partition coefficient (Wildman–Crippen LogP) is 4.57. The van der Waals surface area contributed by atoms with E-state index in [0.29, 0.717) is 0 Å². The van der Waals surface area contributed by atoms with Crippen LogP contribution >= 0.6 is 11.6 Å². The summed E-state index contributed by atoms with van der Waals surface area (Å²) in [6, 6.07) is 12.7. The highest BCUT2D eigenvalue weighted by atomic mass is 35.5. The Hall–Kier alpha value is -1.31. The molecule has 100 valence electrons. The summed E-state index contributed by atoms with van der Waals surface area (Å²) < 4.78 is 0. The quantitative estimate of drug-likeness (QED) is 0.863. The summed E-state index contributed by atoms with van der Waals surface area (Å²) in [5.74, 6) is 0. The van der Waals surface area contributed by atoms with Gasteiger partial charge in [0, 0.05) is 5.02 Å². The molecule has 0 spiro atoms. The standard InChI is InChI=1S/C17H20ClN/c1-11-9-12(2)16(13(3)10-11)17(19-4)14-5-7-15(18)8-6-14/h5-10,17,19H,1-4H3. The summed E-state index contributed by atoms with van der Waals surface area (Å²) in [5, 5.41) is 4.19. The van der Waals surface area contributed by atoms with Crippen molar-refractivity contribution in [3.05, 3.63) is 69.2 Å². The van der Waals surface area contributed by atoms with E-state index in [0.717, 1.165) is 5.02 Å². The molecule has 0 aliphatic heterocycles. The Morgan fingerprint density at radius 2 is 1.47 bits per heavy atom. The van der Waals surface area contributed by atoms with Gasteiger partial charge in [-0.2, -0.15) is 0 Å². The molecule has 19 heavy (non-hydrogen) atoms. The van der Waals surface area contributed by atoms with Crippen LogP contribution < -0.4 is 5.32 Å². The number of nitrogens with one attached hydrogen (secondary N) is 1. The summed E-state index contributed by atoms with van der Waals surface area (Å²) in [6.07, 6.45) is 0. The summed E-state index contributed by atoms with van der Waals surface area (Å²) in [7, 11) is 2.00. The lowest BCUT2D eigenvalue weighted by molar-refractivity contribution is 0.683. The van der Waals surface area contributed by atoms with Gasteiger partial charge < -0.3 is 5.32 Å². The van der Waals surface area contributed by atoms with E-state index in [1.54, 1.807) is 0 Å². The average molecular weight is 274 g/mol. The minimum atomic E-state index is 0.206. The van der Waals surface area contributed by atoms with Crippen molar-refractivity contribution >= 4 is 11.6 Å². The molecule has 0 amide bonds. The molecule has 2 heteroatoms. The fourth-order valence-corrected chi connectivity index (χ4v) is 2.91. The Kier molecular flexibility index (Phi) is 4.28. The lowest BCUT2D eigenvalue weighted by Crippen LogP contribution is -2.20. The largest absolute Gasteiger partial charge is 0.309 e. The molecule has 0 saturated heterocycles. The SMILES string of the molecule is CNC(c1ccc(Cl)cc1)c1c(C)cc(C)cc1C. The van der Waals surface area contributed by atoms with Crippen LogP contribution in [0.5, 0.6) is 0 Å². The average Bonchev–Trinajstić information content (AvgIpc) is 2.35. The number of hydrogen-bond acceptors (Lipinski definition) is 1. The molecule has 0 radical (unpaired) electrons. The lowest BCUT2D eigenvalue weighted by Gasteiger charge is -2.22. The first-order valence-corrected chi connectivity index (χ1v) is 6.91. The van der Waals surface area contributed by atoms with Crippen molar-refractivity contribution in [3.63, 3.8) is 0 Å². The zero-order valence-electron chi connectivity index (χ0n) is 11.9. The molecule has 0 fully saturated rings. The maximum Gasteiger partial charge on any atom is 0.0579 e. The Labute approximate surface area is 120 Å². The van der Waals surface area contributed by atoms with Gasteiger partial charge in [0.25, 0.3) is 0 Å². The monoisotopic (exact) mass is 273 g/mol. The van der Waals surface area contributed by atoms with Gasteiger partial charge in [0.2, 0.25) is 0 Å². The van der Waals surface area contributed by atoms with Crippen molar-refractivity contribution in [1.29, 1.82) is 0 Å². The van der Waals surface area contributed by atoms with Crippen molar-refractivity contribution in [2.45, 2.75) is 26.8 Å². The molecule has 2 rings (SSSR count). The van der Waals surface area contributed by atoms with Crippen molar-refractivity contribution in [1.82, 2.24) is 5.32 Å². The minimum Gasteiger partial charge on any atom is -0.309 e. The van der Waals surface area contributed by atoms with Crippen LogP contribution in [0.25, 0.3) is 0 Å². The second-order valence-electron chi connectivity index (χ2n) is 5.09. The van der Waals surface area contributed by atoms with Crippen LogP contribution in [-0.2, 0) is 0 Å². The van der Waals surface area contributed by atoms with Crippen LogP contribution in [-0.4, -0.2) is 7.05 Å². The van der Waals surface area contributed by atoms with Crippen molar-refractivity contribution < 1.29 is 0 Å². The normalized spacial score (nSPS) is 12.5. The zero-order valence-corrected chi connectivity index (χ0v) is 12.7. The Morgan fingerprint density at radius 1 is 0.947 bits per heavy atom. The number of hydrogen-bond donors (Lipinski definition) is 1. The van der Waals surface area contributed by atoms with Gasteiger partial charge in [0.1, 0.15) is 0 Å². The van der Waals surface area contributed by atoms with E-state index in [-0.39, 0.29) is 6.04 Å². The van der Waals surface area contributed by atoms with Crippen molar-refractivity contribution in [2.24, 2.45) is 0 Å². The Morgan fingerprint density at radius 3 is 1.95 bits per heavy atom. The smallest absolute Gasteiger partial charge is 0.0579 e. The van der Waals surface area contributed by atoms with Crippen LogP contribution in [0, 0.1) is 20.8 Å². The van der Waals surface area contributed by atoms with E-state index in [9.17, 15) is 0 Å². The second kappa shape index (κ2) is 5.77. The Bertz CT molecular complexity index is 549. The first kappa shape index (κ1) is 14.1. The third kappa shape index (κ3) is 2.99. The number of halogens is 1. The highest BCUT2D eigenvalue weighted by molar-refractivity contribution is 6.30. The fraction of sp³-hybridized carbons (Fsp3) is 0.294. The molecule has 2 aromatic carbocycles. The van der Waals surface area contributed by atoms with Gasteiger partial charge in [-0.1, -0.05) is 41.4 Å². The van der Waals surface area contributed by atoms with E-state index >= 15 is 0 Å². The maximum absolute atomic E-state index is 5.97. The Balaban J connectivity index is 2.51.